The Labute approximate surface area is 107 Å². The van der Waals surface area contributed by atoms with Gasteiger partial charge in [-0.15, -0.1) is 11.7 Å². The monoisotopic (exact) mass is 243 g/mol. The third-order valence-corrected chi connectivity index (χ3v) is 2.85. The summed E-state index contributed by atoms with van der Waals surface area (Å²) in [5.74, 6) is 0. The van der Waals surface area contributed by atoms with Crippen LogP contribution in [0.3, 0.4) is 0 Å². The average Bonchev–Trinajstić information content (AvgIpc) is 2.92. The van der Waals surface area contributed by atoms with Crippen LogP contribution in [0.15, 0.2) is 43.2 Å². The van der Waals surface area contributed by atoms with Crippen LogP contribution in [-0.2, 0) is 0 Å². The minimum absolute atomic E-state index is 0.245. The van der Waals surface area contributed by atoms with Gasteiger partial charge in [0.1, 0.15) is 6.33 Å². The quantitative estimate of drug-likeness (QED) is 0.815. The third kappa shape index (κ3) is 2.81. The van der Waals surface area contributed by atoms with Crippen molar-refractivity contribution < 1.29 is 0 Å². The lowest BCUT2D eigenvalue weighted by molar-refractivity contribution is 0.537. The molecule has 0 fully saturated rings. The topological polar surface area (TPSA) is 55.6 Å². The first-order chi connectivity index (χ1) is 8.70. The fraction of sp³-hybridized carbons (Fsp3) is 0.308. The first kappa shape index (κ1) is 12.4. The molecule has 94 valence electrons. The molecule has 0 spiro atoms. The van der Waals surface area contributed by atoms with E-state index in [1.54, 1.807) is 11.0 Å². The molecule has 0 aliphatic rings. The Hall–Kier alpha value is -2.01. The van der Waals surface area contributed by atoms with Crippen molar-refractivity contribution in [3.8, 4) is 5.69 Å². The van der Waals surface area contributed by atoms with Crippen LogP contribution in [0.1, 0.15) is 25.5 Å². The fourth-order valence-corrected chi connectivity index (χ4v) is 1.77. The van der Waals surface area contributed by atoms with Gasteiger partial charge in [0, 0.05) is 12.1 Å². The molecule has 0 saturated carbocycles. The van der Waals surface area contributed by atoms with Gasteiger partial charge in [-0.25, -0.2) is 4.68 Å². The van der Waals surface area contributed by atoms with E-state index in [0.29, 0.717) is 0 Å². The van der Waals surface area contributed by atoms with Crippen LogP contribution < -0.4 is 5.32 Å². The standard InChI is InChI=1S/C13H17N5/c1-4-10(2)15-11(3)12-6-5-7-13(8-12)18-9-14-16-17-18/h4-11,15H,1H2,2-3H3. The summed E-state index contributed by atoms with van der Waals surface area (Å²) in [4.78, 5) is 0. The molecule has 0 radical (unpaired) electrons. The van der Waals surface area contributed by atoms with Crippen LogP contribution in [0.25, 0.3) is 5.69 Å². The zero-order valence-electron chi connectivity index (χ0n) is 10.6. The van der Waals surface area contributed by atoms with Crippen molar-refractivity contribution in [3.63, 3.8) is 0 Å². The van der Waals surface area contributed by atoms with E-state index in [1.807, 2.05) is 18.2 Å². The second kappa shape index (κ2) is 5.55. The molecule has 1 aromatic carbocycles. The first-order valence-corrected chi connectivity index (χ1v) is 5.92. The Morgan fingerprint density at radius 1 is 1.39 bits per heavy atom. The lowest BCUT2D eigenvalue weighted by Crippen LogP contribution is -2.26. The number of benzene rings is 1. The van der Waals surface area contributed by atoms with Crippen molar-refractivity contribution in [2.45, 2.75) is 25.9 Å². The molecule has 2 aromatic rings. The molecule has 2 rings (SSSR count). The van der Waals surface area contributed by atoms with Crippen LogP contribution >= 0.6 is 0 Å². The van der Waals surface area contributed by atoms with Crippen LogP contribution in [0.5, 0.6) is 0 Å². The maximum atomic E-state index is 3.88. The van der Waals surface area contributed by atoms with Crippen LogP contribution in [0, 0.1) is 0 Å². The summed E-state index contributed by atoms with van der Waals surface area (Å²) in [6.45, 7) is 7.97. The van der Waals surface area contributed by atoms with E-state index in [-0.39, 0.29) is 12.1 Å². The summed E-state index contributed by atoms with van der Waals surface area (Å²) in [6.07, 6.45) is 3.48. The highest BCUT2D eigenvalue weighted by molar-refractivity contribution is 5.35. The summed E-state index contributed by atoms with van der Waals surface area (Å²) in [5, 5.41) is 14.6. The number of aromatic nitrogens is 4. The molecule has 0 aliphatic heterocycles. The van der Waals surface area contributed by atoms with Gasteiger partial charge >= 0.3 is 0 Å². The normalized spacial score (nSPS) is 14.1. The van der Waals surface area contributed by atoms with Gasteiger partial charge in [-0.3, -0.25) is 0 Å². The molecular formula is C13H17N5. The molecule has 2 atom stereocenters. The van der Waals surface area contributed by atoms with Crippen molar-refractivity contribution in [1.29, 1.82) is 0 Å². The minimum Gasteiger partial charge on any atom is -0.304 e. The highest BCUT2D eigenvalue weighted by atomic mass is 15.5. The van der Waals surface area contributed by atoms with E-state index in [4.69, 9.17) is 0 Å². The van der Waals surface area contributed by atoms with E-state index < -0.39 is 0 Å². The molecule has 5 heteroatoms. The summed E-state index contributed by atoms with van der Waals surface area (Å²) in [6, 6.07) is 8.66. The van der Waals surface area contributed by atoms with Gasteiger partial charge < -0.3 is 5.32 Å². The molecule has 2 unspecified atom stereocenters. The molecule has 0 bridgehead atoms. The molecule has 1 N–H and O–H groups in total. The van der Waals surface area contributed by atoms with Crippen molar-refractivity contribution in [1.82, 2.24) is 25.5 Å². The predicted molar refractivity (Wildman–Crippen MR) is 70.4 cm³/mol. The number of nitrogens with zero attached hydrogens (tertiary/aromatic N) is 4. The first-order valence-electron chi connectivity index (χ1n) is 5.92. The number of hydrogen-bond donors (Lipinski definition) is 1. The van der Waals surface area contributed by atoms with E-state index in [2.05, 4.69) is 53.4 Å². The van der Waals surface area contributed by atoms with E-state index >= 15 is 0 Å². The van der Waals surface area contributed by atoms with E-state index in [1.165, 1.54) is 5.56 Å². The van der Waals surface area contributed by atoms with Gasteiger partial charge in [-0.1, -0.05) is 18.2 Å². The summed E-state index contributed by atoms with van der Waals surface area (Å²) in [5.41, 5.74) is 2.15. The van der Waals surface area contributed by atoms with Crippen molar-refractivity contribution >= 4 is 0 Å². The van der Waals surface area contributed by atoms with Crippen molar-refractivity contribution in [2.75, 3.05) is 0 Å². The van der Waals surface area contributed by atoms with Crippen LogP contribution in [0.4, 0.5) is 0 Å². The van der Waals surface area contributed by atoms with E-state index in [9.17, 15) is 0 Å². The number of hydrogen-bond acceptors (Lipinski definition) is 4. The Balaban J connectivity index is 2.19. The van der Waals surface area contributed by atoms with Gasteiger partial charge in [0.15, 0.2) is 0 Å². The Bertz CT molecular complexity index is 506. The van der Waals surface area contributed by atoms with Crippen molar-refractivity contribution in [3.05, 3.63) is 48.8 Å². The van der Waals surface area contributed by atoms with Gasteiger partial charge in [0.2, 0.25) is 0 Å². The lowest BCUT2D eigenvalue weighted by atomic mass is 10.1. The summed E-state index contributed by atoms with van der Waals surface area (Å²) >= 11 is 0. The number of nitrogens with one attached hydrogen (secondary N) is 1. The maximum Gasteiger partial charge on any atom is 0.143 e. The van der Waals surface area contributed by atoms with Gasteiger partial charge in [0.05, 0.1) is 5.69 Å². The predicted octanol–water partition coefficient (Wildman–Crippen LogP) is 1.89. The zero-order valence-corrected chi connectivity index (χ0v) is 10.6. The van der Waals surface area contributed by atoms with E-state index in [0.717, 1.165) is 5.69 Å². The molecule has 0 amide bonds. The van der Waals surface area contributed by atoms with Gasteiger partial charge in [-0.05, 0) is 42.0 Å². The molecule has 0 saturated heterocycles. The zero-order chi connectivity index (χ0) is 13.0. The molecule has 18 heavy (non-hydrogen) atoms. The highest BCUT2D eigenvalue weighted by Gasteiger charge is 2.08. The van der Waals surface area contributed by atoms with Crippen LogP contribution in [0.2, 0.25) is 0 Å². The molecule has 0 aliphatic carbocycles. The second-order valence-corrected chi connectivity index (χ2v) is 4.26. The van der Waals surface area contributed by atoms with Gasteiger partial charge in [-0.2, -0.15) is 0 Å². The molecule has 1 heterocycles. The SMILES string of the molecule is C=CC(C)NC(C)c1cccc(-n2cnnn2)c1. The Morgan fingerprint density at radius 2 is 2.22 bits per heavy atom. The lowest BCUT2D eigenvalue weighted by Gasteiger charge is -2.18. The second-order valence-electron chi connectivity index (χ2n) is 4.26. The number of rotatable bonds is 5. The minimum atomic E-state index is 0.245. The van der Waals surface area contributed by atoms with Crippen LogP contribution in [-0.4, -0.2) is 26.2 Å². The number of tetrazole rings is 1. The van der Waals surface area contributed by atoms with Crippen molar-refractivity contribution in [2.24, 2.45) is 0 Å². The highest BCUT2D eigenvalue weighted by Crippen LogP contribution is 2.16. The third-order valence-electron chi connectivity index (χ3n) is 2.85. The Morgan fingerprint density at radius 3 is 2.89 bits per heavy atom. The molecular weight excluding hydrogens is 226 g/mol. The summed E-state index contributed by atoms with van der Waals surface area (Å²) < 4.78 is 1.65. The average molecular weight is 243 g/mol. The maximum absolute atomic E-state index is 3.88. The Kier molecular flexibility index (Phi) is 3.84. The fourth-order valence-electron chi connectivity index (χ4n) is 1.77. The largest absolute Gasteiger partial charge is 0.304 e. The smallest absolute Gasteiger partial charge is 0.143 e. The molecule has 1 aromatic heterocycles. The molecule has 5 nitrogen and oxygen atoms in total. The van der Waals surface area contributed by atoms with Gasteiger partial charge in [0.25, 0.3) is 0 Å². The summed E-state index contributed by atoms with van der Waals surface area (Å²) in [7, 11) is 0.